The smallest absolute Gasteiger partial charge is 0.241 e. The Labute approximate surface area is 129 Å². The lowest BCUT2D eigenvalue weighted by atomic mass is 10.1. The third kappa shape index (κ3) is 3.52. The largest absolute Gasteiger partial charge is 0.392 e. The number of aryl methyl sites for hydroxylation is 1. The maximum Gasteiger partial charge on any atom is 0.241 e. The van der Waals surface area contributed by atoms with E-state index in [2.05, 4.69) is 11.6 Å². The van der Waals surface area contributed by atoms with Gasteiger partial charge in [0.25, 0.3) is 0 Å². The first-order valence-corrected chi connectivity index (χ1v) is 9.10. The van der Waals surface area contributed by atoms with E-state index in [0.717, 1.165) is 11.3 Å². The van der Waals surface area contributed by atoms with Gasteiger partial charge in [0.1, 0.15) is 0 Å². The van der Waals surface area contributed by atoms with Crippen LogP contribution in [0.4, 0.5) is 0 Å². The highest BCUT2D eigenvalue weighted by atomic mass is 32.2. The summed E-state index contributed by atoms with van der Waals surface area (Å²) in [6, 6.07) is 6.95. The van der Waals surface area contributed by atoms with Crippen molar-refractivity contribution in [2.24, 2.45) is 0 Å². The second kappa shape index (κ2) is 6.70. The normalized spacial score (nSPS) is 11.8. The molecule has 0 unspecified atom stereocenters. The molecule has 0 spiro atoms. The molecule has 2 N–H and O–H groups in total. The molecule has 0 bridgehead atoms. The highest BCUT2D eigenvalue weighted by Crippen LogP contribution is 2.21. The van der Waals surface area contributed by atoms with Gasteiger partial charge in [-0.15, -0.1) is 11.3 Å². The van der Waals surface area contributed by atoms with E-state index in [0.29, 0.717) is 17.7 Å². The van der Waals surface area contributed by atoms with Crippen molar-refractivity contribution in [1.29, 1.82) is 0 Å². The minimum absolute atomic E-state index is 0.167. The maximum atomic E-state index is 12.4. The van der Waals surface area contributed by atoms with E-state index >= 15 is 0 Å². The van der Waals surface area contributed by atoms with E-state index in [4.69, 9.17) is 0 Å². The number of thiophene rings is 1. The van der Waals surface area contributed by atoms with Crippen molar-refractivity contribution in [3.8, 4) is 0 Å². The van der Waals surface area contributed by atoms with Crippen LogP contribution in [0.5, 0.6) is 0 Å². The highest BCUT2D eigenvalue weighted by Gasteiger charge is 2.18. The van der Waals surface area contributed by atoms with Gasteiger partial charge in [0.05, 0.1) is 11.5 Å². The van der Waals surface area contributed by atoms with E-state index in [-0.39, 0.29) is 11.5 Å². The molecule has 0 fully saturated rings. The molecule has 1 aromatic carbocycles. The minimum atomic E-state index is -3.58. The number of hydrogen-bond acceptors (Lipinski definition) is 4. The SMILES string of the molecule is CCc1ccsc1CNS(=O)(=O)c1cccc(CO)c1C. The summed E-state index contributed by atoms with van der Waals surface area (Å²) in [4.78, 5) is 1.26. The number of rotatable bonds is 6. The Morgan fingerprint density at radius 2 is 2.00 bits per heavy atom. The summed E-state index contributed by atoms with van der Waals surface area (Å²) in [5.74, 6) is 0. The summed E-state index contributed by atoms with van der Waals surface area (Å²) in [6.45, 7) is 3.89. The molecule has 0 saturated heterocycles. The van der Waals surface area contributed by atoms with Crippen molar-refractivity contribution in [3.63, 3.8) is 0 Å². The molecule has 0 aliphatic carbocycles. The van der Waals surface area contributed by atoms with Gasteiger partial charge in [-0.3, -0.25) is 0 Å². The highest BCUT2D eigenvalue weighted by molar-refractivity contribution is 7.89. The van der Waals surface area contributed by atoms with Crippen LogP contribution in [0, 0.1) is 6.92 Å². The molecule has 0 radical (unpaired) electrons. The summed E-state index contributed by atoms with van der Waals surface area (Å²) in [7, 11) is -3.58. The predicted molar refractivity (Wildman–Crippen MR) is 84.8 cm³/mol. The summed E-state index contributed by atoms with van der Waals surface area (Å²) < 4.78 is 27.5. The molecule has 0 saturated carbocycles. The second-order valence-corrected chi connectivity index (χ2v) is 7.48. The van der Waals surface area contributed by atoms with E-state index in [1.165, 1.54) is 5.56 Å². The minimum Gasteiger partial charge on any atom is -0.392 e. The molecule has 1 heterocycles. The molecule has 0 atom stereocenters. The Balaban J connectivity index is 2.23. The fraction of sp³-hybridized carbons (Fsp3) is 0.333. The number of sulfonamides is 1. The van der Waals surface area contributed by atoms with Crippen LogP contribution < -0.4 is 4.72 Å². The lowest BCUT2D eigenvalue weighted by Gasteiger charge is -2.11. The third-order valence-electron chi connectivity index (χ3n) is 3.50. The molecule has 6 heteroatoms. The van der Waals surface area contributed by atoms with Crippen LogP contribution >= 0.6 is 11.3 Å². The summed E-state index contributed by atoms with van der Waals surface area (Å²) in [6.07, 6.45) is 0.888. The fourth-order valence-corrected chi connectivity index (χ4v) is 4.49. The summed E-state index contributed by atoms with van der Waals surface area (Å²) >= 11 is 1.55. The number of hydrogen-bond donors (Lipinski definition) is 2. The first-order chi connectivity index (χ1) is 9.99. The van der Waals surface area contributed by atoms with Gasteiger partial charge < -0.3 is 5.11 Å². The molecule has 21 heavy (non-hydrogen) atoms. The zero-order chi connectivity index (χ0) is 15.5. The molecular weight excluding hydrogens is 306 g/mol. The van der Waals surface area contributed by atoms with E-state index in [1.54, 1.807) is 36.5 Å². The third-order valence-corrected chi connectivity index (χ3v) is 6.01. The van der Waals surface area contributed by atoms with Gasteiger partial charge in [-0.05, 0) is 47.5 Å². The summed E-state index contributed by atoms with van der Waals surface area (Å²) in [5, 5.41) is 11.2. The molecule has 0 aliphatic heterocycles. The van der Waals surface area contributed by atoms with Crippen LogP contribution in [0.25, 0.3) is 0 Å². The Hall–Kier alpha value is -1.21. The van der Waals surface area contributed by atoms with Gasteiger partial charge in [-0.25, -0.2) is 13.1 Å². The summed E-state index contributed by atoms with van der Waals surface area (Å²) in [5.41, 5.74) is 2.39. The number of aliphatic hydroxyl groups is 1. The number of benzene rings is 1. The van der Waals surface area contributed by atoms with E-state index < -0.39 is 10.0 Å². The van der Waals surface area contributed by atoms with Crippen LogP contribution in [-0.2, 0) is 29.6 Å². The van der Waals surface area contributed by atoms with Crippen LogP contribution in [0.15, 0.2) is 34.5 Å². The predicted octanol–water partition coefficient (Wildman–Crippen LogP) is 2.59. The van der Waals surface area contributed by atoms with Crippen LogP contribution in [0.1, 0.15) is 28.5 Å². The van der Waals surface area contributed by atoms with Crippen molar-refractivity contribution in [3.05, 3.63) is 51.2 Å². The lowest BCUT2D eigenvalue weighted by Crippen LogP contribution is -2.24. The molecular formula is C15H19NO3S2. The molecule has 2 rings (SSSR count). The van der Waals surface area contributed by atoms with Gasteiger partial charge in [0.15, 0.2) is 0 Å². The average Bonchev–Trinajstić information content (AvgIpc) is 2.93. The monoisotopic (exact) mass is 325 g/mol. The van der Waals surface area contributed by atoms with E-state index in [9.17, 15) is 13.5 Å². The van der Waals surface area contributed by atoms with E-state index in [1.807, 2.05) is 11.4 Å². The van der Waals surface area contributed by atoms with Crippen molar-refractivity contribution in [1.82, 2.24) is 4.72 Å². The second-order valence-electron chi connectivity index (χ2n) is 4.75. The first kappa shape index (κ1) is 16.2. The van der Waals surface area contributed by atoms with Crippen molar-refractivity contribution < 1.29 is 13.5 Å². The zero-order valence-electron chi connectivity index (χ0n) is 12.1. The molecule has 0 aliphatic rings. The Morgan fingerprint density at radius 3 is 2.67 bits per heavy atom. The van der Waals surface area contributed by atoms with Gasteiger partial charge in [-0.1, -0.05) is 19.1 Å². The van der Waals surface area contributed by atoms with Crippen LogP contribution in [0.2, 0.25) is 0 Å². The quantitative estimate of drug-likeness (QED) is 0.858. The molecule has 114 valence electrons. The fourth-order valence-electron chi connectivity index (χ4n) is 2.20. The Bertz CT molecular complexity index is 720. The topological polar surface area (TPSA) is 66.4 Å². The maximum absolute atomic E-state index is 12.4. The van der Waals surface area contributed by atoms with Crippen molar-refractivity contribution in [2.45, 2.75) is 38.3 Å². The molecule has 2 aromatic rings. The number of nitrogens with one attached hydrogen (secondary N) is 1. The van der Waals surface area contributed by atoms with Gasteiger partial charge >= 0.3 is 0 Å². The lowest BCUT2D eigenvalue weighted by molar-refractivity contribution is 0.280. The van der Waals surface area contributed by atoms with Crippen LogP contribution in [-0.4, -0.2) is 13.5 Å². The molecule has 1 aromatic heterocycles. The average molecular weight is 325 g/mol. The van der Waals surface area contributed by atoms with Gasteiger partial charge in [-0.2, -0.15) is 0 Å². The Morgan fingerprint density at radius 1 is 1.24 bits per heavy atom. The van der Waals surface area contributed by atoms with Gasteiger partial charge in [0.2, 0.25) is 10.0 Å². The standard InChI is InChI=1S/C15H19NO3S2/c1-3-12-7-8-20-14(12)9-16-21(18,19)15-6-4-5-13(10-17)11(15)2/h4-8,16-17H,3,9-10H2,1-2H3. The molecule has 4 nitrogen and oxygen atoms in total. The Kier molecular flexibility index (Phi) is 5.16. The van der Waals surface area contributed by atoms with Gasteiger partial charge in [0, 0.05) is 11.4 Å². The van der Waals surface area contributed by atoms with Crippen molar-refractivity contribution >= 4 is 21.4 Å². The number of aliphatic hydroxyl groups excluding tert-OH is 1. The zero-order valence-corrected chi connectivity index (χ0v) is 13.7. The molecule has 0 amide bonds. The van der Waals surface area contributed by atoms with Crippen molar-refractivity contribution in [2.75, 3.05) is 0 Å². The van der Waals surface area contributed by atoms with Crippen LogP contribution in [0.3, 0.4) is 0 Å². The first-order valence-electron chi connectivity index (χ1n) is 6.73.